The van der Waals surface area contributed by atoms with Gasteiger partial charge >= 0.3 is 13.6 Å². The van der Waals surface area contributed by atoms with Gasteiger partial charge in [-0.15, -0.1) is 0 Å². The number of benzene rings is 2. The highest BCUT2D eigenvalue weighted by Crippen LogP contribution is 2.48. The zero-order valence-electron chi connectivity index (χ0n) is 17.4. The molecule has 4 nitrogen and oxygen atoms in total. The van der Waals surface area contributed by atoms with Crippen molar-refractivity contribution in [2.75, 3.05) is 7.11 Å². The molecule has 3 rings (SSSR count). The van der Waals surface area contributed by atoms with Crippen molar-refractivity contribution >= 4 is 13.6 Å². The number of rotatable bonds is 6. The van der Waals surface area contributed by atoms with Crippen LogP contribution in [0.3, 0.4) is 0 Å². The minimum atomic E-state index is -2.68. The first-order valence-corrected chi connectivity index (χ1v) is 11.5. The van der Waals surface area contributed by atoms with Crippen LogP contribution in [-0.2, 0) is 19.0 Å². The van der Waals surface area contributed by atoms with Gasteiger partial charge in [0.05, 0.1) is 12.7 Å². The van der Waals surface area contributed by atoms with Gasteiger partial charge in [-0.25, -0.2) is 13.9 Å². The summed E-state index contributed by atoms with van der Waals surface area (Å²) in [6.45, 7) is 3.81. The molecule has 0 heterocycles. The molecule has 5 heteroatoms. The summed E-state index contributed by atoms with van der Waals surface area (Å²) >= 11 is 0. The molecule has 0 aromatic heterocycles. The van der Waals surface area contributed by atoms with Crippen molar-refractivity contribution in [1.29, 1.82) is 0 Å². The lowest BCUT2D eigenvalue weighted by Gasteiger charge is -2.30. The lowest BCUT2D eigenvalue weighted by Crippen LogP contribution is -2.22. The highest BCUT2D eigenvalue weighted by molar-refractivity contribution is 7.32. The molecule has 2 aromatic rings. The van der Waals surface area contributed by atoms with E-state index in [0.29, 0.717) is 17.9 Å². The highest BCUT2D eigenvalue weighted by Gasteiger charge is 2.37. The molecule has 1 saturated carbocycles. The van der Waals surface area contributed by atoms with Crippen molar-refractivity contribution < 1.29 is 18.7 Å². The molecule has 2 aromatic carbocycles. The van der Waals surface area contributed by atoms with E-state index in [1.54, 1.807) is 12.1 Å². The van der Waals surface area contributed by atoms with Gasteiger partial charge in [0.25, 0.3) is 0 Å². The van der Waals surface area contributed by atoms with Gasteiger partial charge in [-0.1, -0.05) is 62.4 Å². The molecule has 0 bridgehead atoms. The first-order valence-electron chi connectivity index (χ1n) is 10.3. The highest BCUT2D eigenvalue weighted by atomic mass is 31.1. The van der Waals surface area contributed by atoms with Gasteiger partial charge in [0.2, 0.25) is 0 Å². The average Bonchev–Trinajstić information content (AvgIpc) is 2.73. The van der Waals surface area contributed by atoms with E-state index in [0.717, 1.165) is 35.1 Å². The largest absolute Gasteiger partial charge is 0.465 e. The summed E-state index contributed by atoms with van der Waals surface area (Å²) in [6, 6.07) is 13.2. The van der Waals surface area contributed by atoms with Crippen molar-refractivity contribution in [3.63, 3.8) is 0 Å². The van der Waals surface area contributed by atoms with Crippen molar-refractivity contribution in [3.05, 3.63) is 59.2 Å². The Morgan fingerprint density at radius 3 is 2.38 bits per heavy atom. The van der Waals surface area contributed by atoms with Crippen molar-refractivity contribution in [1.82, 2.24) is 0 Å². The summed E-state index contributed by atoms with van der Waals surface area (Å²) in [5, 5.41) is -0.955. The topological polar surface area (TPSA) is 60.4 Å². The third kappa shape index (κ3) is 4.53. The maximum Gasteiger partial charge on any atom is 0.338 e. The molecule has 1 fully saturated rings. The van der Waals surface area contributed by atoms with E-state index in [-0.39, 0.29) is 0 Å². The van der Waals surface area contributed by atoms with E-state index in [1.165, 1.54) is 26.4 Å². The number of hydrogen-bond acceptors (Lipinski definition) is 4. The molecule has 0 N–H and O–H groups in total. The molecule has 0 radical (unpaired) electrons. The van der Waals surface area contributed by atoms with Crippen LogP contribution < -0.4 is 0 Å². The number of ether oxygens (including phenoxy) is 1. The third-order valence-electron chi connectivity index (χ3n) is 6.30. The van der Waals surface area contributed by atoms with Gasteiger partial charge in [-0.05, 0) is 60.6 Å². The minimum Gasteiger partial charge on any atom is -0.465 e. The molecule has 1 unspecified atom stereocenters. The van der Waals surface area contributed by atoms with Crippen LogP contribution in [0.4, 0.5) is 0 Å². The van der Waals surface area contributed by atoms with E-state index in [4.69, 9.17) is 4.74 Å². The Labute approximate surface area is 173 Å². The third-order valence-corrected chi connectivity index (χ3v) is 7.54. The van der Waals surface area contributed by atoms with Crippen LogP contribution in [0.5, 0.6) is 0 Å². The van der Waals surface area contributed by atoms with Crippen LogP contribution in [0.25, 0.3) is 11.1 Å². The minimum absolute atomic E-state index is 0.420. The molecule has 0 aliphatic heterocycles. The smallest absolute Gasteiger partial charge is 0.338 e. The fraction of sp³-hybridized carbons (Fsp3) is 0.458. The second-order valence-electron chi connectivity index (χ2n) is 8.31. The quantitative estimate of drug-likeness (QED) is 0.386. The van der Waals surface area contributed by atoms with Crippen LogP contribution in [0, 0.1) is 12.8 Å². The second-order valence-corrected chi connectivity index (χ2v) is 9.81. The molecule has 1 aliphatic rings. The van der Waals surface area contributed by atoms with Gasteiger partial charge in [0.15, 0.2) is 0 Å². The maximum absolute atomic E-state index is 12.4. The van der Waals surface area contributed by atoms with Gasteiger partial charge in [-0.3, -0.25) is 0 Å². The predicted octanol–water partition coefficient (Wildman–Crippen LogP) is 6.81. The second kappa shape index (κ2) is 9.09. The zero-order chi connectivity index (χ0) is 21.0. The summed E-state index contributed by atoms with van der Waals surface area (Å²) in [5.74, 6) is -0.000794. The summed E-state index contributed by atoms with van der Waals surface area (Å²) in [7, 11) is -1.32. The molecular weight excluding hydrogens is 383 g/mol. The van der Waals surface area contributed by atoms with E-state index in [9.17, 15) is 13.9 Å². The fourth-order valence-corrected chi connectivity index (χ4v) is 5.27. The Morgan fingerprint density at radius 1 is 1.07 bits per heavy atom. The van der Waals surface area contributed by atoms with Crippen LogP contribution in [0.15, 0.2) is 42.5 Å². The lowest BCUT2D eigenvalue weighted by atomic mass is 9.80. The molecule has 1 aliphatic carbocycles. The number of aryl methyl sites for hydroxylation is 1. The number of carbonyl (C=O) groups excluding carboxylic acids is 1. The lowest BCUT2D eigenvalue weighted by molar-refractivity contribution is 0.0601. The van der Waals surface area contributed by atoms with Gasteiger partial charge in [-0.2, -0.15) is 0 Å². The van der Waals surface area contributed by atoms with Crippen LogP contribution >= 0.6 is 7.68 Å². The fourth-order valence-electron chi connectivity index (χ4n) is 4.52. The molecule has 0 saturated heterocycles. The van der Waals surface area contributed by atoms with E-state index < -0.39 is 18.8 Å². The Bertz CT molecular complexity index is 949. The number of hydrogen-bond donors (Lipinski definition) is 0. The summed E-state index contributed by atoms with van der Waals surface area (Å²) in [6.07, 6.45) is 6.38. The summed E-state index contributed by atoms with van der Waals surface area (Å²) in [4.78, 5) is 12.4. The van der Waals surface area contributed by atoms with E-state index >= 15 is 0 Å². The molecule has 154 valence electrons. The van der Waals surface area contributed by atoms with E-state index in [1.807, 2.05) is 44.2 Å². The van der Waals surface area contributed by atoms with Crippen LogP contribution in [0.2, 0.25) is 0 Å². The number of carbonyl (C=O) groups is 1. The number of methoxy groups -OCH3 is 1. The number of esters is 1. The Hall–Kier alpha value is -2.19. The Kier molecular flexibility index (Phi) is 6.74. The van der Waals surface area contributed by atoms with Gasteiger partial charge in [0.1, 0.15) is 5.16 Å². The first-order chi connectivity index (χ1) is 13.9. The standard InChI is InChI=1S/C24H29O4P/c1-17-9-7-8-12-20(17)22-15-19(13-14-21(22)23(25)28-3)24(2,29(26)27)16-18-10-5-4-6-11-18/h7-9,12-15,18H,4-6,10-11,16H2,1-3H3. The average molecular weight is 412 g/mol. The van der Waals surface area contributed by atoms with E-state index in [2.05, 4.69) is 0 Å². The zero-order valence-corrected chi connectivity index (χ0v) is 18.3. The van der Waals surface area contributed by atoms with Crippen molar-refractivity contribution in [2.24, 2.45) is 5.92 Å². The SMILES string of the molecule is COC(=O)c1ccc(C(C)(CC2CCCCC2)P(=O)=O)cc1-c1ccccc1C. The van der Waals surface area contributed by atoms with Gasteiger partial charge in [0, 0.05) is 0 Å². The molecule has 0 amide bonds. The Morgan fingerprint density at radius 2 is 1.76 bits per heavy atom. The Balaban J connectivity index is 2.11. The molecule has 1 atom stereocenters. The predicted molar refractivity (Wildman–Crippen MR) is 115 cm³/mol. The normalized spacial score (nSPS) is 16.8. The van der Waals surface area contributed by atoms with Gasteiger partial charge < -0.3 is 4.74 Å². The monoisotopic (exact) mass is 412 g/mol. The molecule has 29 heavy (non-hydrogen) atoms. The van der Waals surface area contributed by atoms with Crippen LogP contribution in [-0.4, -0.2) is 13.1 Å². The summed E-state index contributed by atoms with van der Waals surface area (Å²) < 4.78 is 29.8. The molecule has 0 spiro atoms. The first kappa shape index (κ1) is 21.5. The van der Waals surface area contributed by atoms with Crippen molar-refractivity contribution in [3.8, 4) is 11.1 Å². The maximum atomic E-state index is 12.4. The van der Waals surface area contributed by atoms with Crippen molar-refractivity contribution in [2.45, 2.75) is 57.5 Å². The summed E-state index contributed by atoms with van der Waals surface area (Å²) in [5.41, 5.74) is 3.85. The molecular formula is C24H29O4P. The van der Waals surface area contributed by atoms with Crippen LogP contribution in [0.1, 0.15) is 66.9 Å².